The van der Waals surface area contributed by atoms with Gasteiger partial charge in [0.1, 0.15) is 11.9 Å². The molecule has 0 spiro atoms. The maximum absolute atomic E-state index is 10.9. The van der Waals surface area contributed by atoms with Crippen molar-refractivity contribution in [3.05, 3.63) is 59.5 Å². The third-order valence-electron chi connectivity index (χ3n) is 5.50. The van der Waals surface area contributed by atoms with Gasteiger partial charge in [0.05, 0.1) is 12.4 Å². The first-order valence-electron chi connectivity index (χ1n) is 9.65. The van der Waals surface area contributed by atoms with Crippen LogP contribution >= 0.6 is 0 Å². The van der Waals surface area contributed by atoms with Gasteiger partial charge >= 0.3 is 0 Å². The molecule has 4 heteroatoms. The third-order valence-corrected chi connectivity index (χ3v) is 9.99. The summed E-state index contributed by atoms with van der Waals surface area (Å²) in [7, 11) is -1.93. The lowest BCUT2D eigenvalue weighted by atomic mass is 9.99. The molecule has 0 aliphatic carbocycles. The van der Waals surface area contributed by atoms with Gasteiger partial charge in [0.15, 0.2) is 8.32 Å². The fourth-order valence-electron chi connectivity index (χ4n) is 2.81. The summed E-state index contributed by atoms with van der Waals surface area (Å²) in [5.41, 5.74) is 1.82. The van der Waals surface area contributed by atoms with E-state index in [1.54, 1.807) is 6.26 Å². The van der Waals surface area contributed by atoms with Crippen molar-refractivity contribution in [3.8, 4) is 0 Å². The van der Waals surface area contributed by atoms with Gasteiger partial charge < -0.3 is 13.9 Å². The molecule has 0 aliphatic rings. The van der Waals surface area contributed by atoms with Crippen molar-refractivity contribution >= 4 is 8.32 Å². The molecule has 0 fully saturated rings. The van der Waals surface area contributed by atoms with Crippen LogP contribution in [0.3, 0.4) is 0 Å². The molecular weight excluding hydrogens is 340 g/mol. The van der Waals surface area contributed by atoms with Gasteiger partial charge in [0.25, 0.3) is 0 Å². The van der Waals surface area contributed by atoms with Crippen LogP contribution in [0.4, 0.5) is 0 Å². The highest BCUT2D eigenvalue weighted by atomic mass is 28.4. The molecule has 3 nitrogen and oxygen atoms in total. The smallest absolute Gasteiger partial charge is 0.192 e. The number of furan rings is 1. The fraction of sp³-hybridized carbons (Fsp3) is 0.545. The highest BCUT2D eigenvalue weighted by Crippen LogP contribution is 2.42. The lowest BCUT2D eigenvalue weighted by molar-refractivity contribution is 0.151. The van der Waals surface area contributed by atoms with Gasteiger partial charge in [-0.2, -0.15) is 0 Å². The van der Waals surface area contributed by atoms with Gasteiger partial charge in [-0.25, -0.2) is 0 Å². The molecule has 0 saturated carbocycles. The Kier molecular flexibility index (Phi) is 6.89. The van der Waals surface area contributed by atoms with Gasteiger partial charge in [-0.3, -0.25) is 0 Å². The molecule has 2 unspecified atom stereocenters. The summed E-state index contributed by atoms with van der Waals surface area (Å²) in [4.78, 5) is 0. The lowest BCUT2D eigenvalue weighted by Crippen LogP contribution is -2.42. The highest BCUT2D eigenvalue weighted by Gasteiger charge is 2.40. The largest absolute Gasteiger partial charge is 0.466 e. The zero-order valence-electron chi connectivity index (χ0n) is 17.1. The first-order valence-corrected chi connectivity index (χ1v) is 12.6. The highest BCUT2D eigenvalue weighted by molar-refractivity contribution is 6.74. The van der Waals surface area contributed by atoms with E-state index in [2.05, 4.69) is 40.8 Å². The molecule has 2 atom stereocenters. The minimum absolute atomic E-state index is 0.0389. The Bertz CT molecular complexity index is 670. The van der Waals surface area contributed by atoms with E-state index in [0.29, 0.717) is 5.76 Å². The molecule has 1 aromatic heterocycles. The van der Waals surface area contributed by atoms with E-state index in [-0.39, 0.29) is 11.1 Å². The van der Waals surface area contributed by atoms with Crippen LogP contribution < -0.4 is 0 Å². The van der Waals surface area contributed by atoms with Crippen LogP contribution in [0.5, 0.6) is 0 Å². The number of benzene rings is 1. The summed E-state index contributed by atoms with van der Waals surface area (Å²) < 4.78 is 12.5. The number of hydrogen-bond donors (Lipinski definition) is 1. The molecule has 26 heavy (non-hydrogen) atoms. The Morgan fingerprint density at radius 2 is 1.77 bits per heavy atom. The molecule has 2 aromatic rings. The summed E-state index contributed by atoms with van der Waals surface area (Å²) >= 11 is 0. The van der Waals surface area contributed by atoms with Crippen molar-refractivity contribution in [2.45, 2.75) is 77.3 Å². The van der Waals surface area contributed by atoms with Crippen LogP contribution in [0.1, 0.15) is 76.1 Å². The summed E-state index contributed by atoms with van der Waals surface area (Å²) in [6.07, 6.45) is 4.01. The Labute approximate surface area is 159 Å². The monoisotopic (exact) mass is 374 g/mol. The second-order valence-electron chi connectivity index (χ2n) is 8.56. The second kappa shape index (κ2) is 8.55. The Balaban J connectivity index is 2.33. The molecule has 0 radical (unpaired) electrons. The number of rotatable bonds is 8. The second-order valence-corrected chi connectivity index (χ2v) is 13.3. The Morgan fingerprint density at radius 1 is 1.12 bits per heavy atom. The minimum atomic E-state index is -1.93. The minimum Gasteiger partial charge on any atom is -0.466 e. The van der Waals surface area contributed by atoms with Gasteiger partial charge in [-0.15, -0.1) is 0 Å². The van der Waals surface area contributed by atoms with E-state index in [0.717, 1.165) is 30.4 Å². The maximum Gasteiger partial charge on any atom is 0.192 e. The van der Waals surface area contributed by atoms with Crippen LogP contribution in [0.25, 0.3) is 0 Å². The average Bonchev–Trinajstić information content (AvgIpc) is 3.07. The number of hydrogen-bond acceptors (Lipinski definition) is 3. The first-order chi connectivity index (χ1) is 12.2. The molecule has 2 rings (SSSR count). The van der Waals surface area contributed by atoms with Crippen LogP contribution in [0, 0.1) is 0 Å². The Hall–Kier alpha value is -1.36. The zero-order chi connectivity index (χ0) is 19.4. The standard InChI is InChI=1S/C22H34O3Si/c1-7-8-14-19(25-26(5,6)22(2,3)4)18-15-16-24-21(18)20(23)17-12-10-9-11-13-17/h9-13,15-16,19-20,23H,7-8,14H2,1-6H3. The summed E-state index contributed by atoms with van der Waals surface area (Å²) in [6.45, 7) is 13.5. The molecule has 0 amide bonds. The molecule has 144 valence electrons. The molecule has 1 heterocycles. The van der Waals surface area contributed by atoms with Gasteiger partial charge in [-0.1, -0.05) is 70.9 Å². The summed E-state index contributed by atoms with van der Waals surface area (Å²) in [6, 6.07) is 11.6. The number of aliphatic hydroxyl groups is 1. The van der Waals surface area contributed by atoms with Crippen molar-refractivity contribution in [2.24, 2.45) is 0 Å². The van der Waals surface area contributed by atoms with Gasteiger partial charge in [0.2, 0.25) is 0 Å². The average molecular weight is 375 g/mol. The van der Waals surface area contributed by atoms with Gasteiger partial charge in [0, 0.05) is 5.56 Å². The first kappa shape index (κ1) is 20.9. The van der Waals surface area contributed by atoms with E-state index < -0.39 is 14.4 Å². The van der Waals surface area contributed by atoms with E-state index in [9.17, 15) is 5.11 Å². The molecule has 0 bridgehead atoms. The van der Waals surface area contributed by atoms with E-state index in [1.165, 1.54) is 0 Å². The molecule has 1 aromatic carbocycles. The van der Waals surface area contributed by atoms with Crippen molar-refractivity contribution < 1.29 is 13.9 Å². The van der Waals surface area contributed by atoms with Crippen LogP contribution in [0.15, 0.2) is 47.1 Å². The lowest BCUT2D eigenvalue weighted by Gasteiger charge is -2.39. The molecule has 0 aliphatic heterocycles. The van der Waals surface area contributed by atoms with Crippen LogP contribution in [-0.2, 0) is 4.43 Å². The SMILES string of the molecule is CCCCC(O[Si](C)(C)C(C)(C)C)c1ccoc1C(O)c1ccccc1. The third kappa shape index (κ3) is 4.87. The quantitative estimate of drug-likeness (QED) is 0.528. The van der Waals surface area contributed by atoms with Crippen molar-refractivity contribution in [3.63, 3.8) is 0 Å². The molecular formula is C22H34O3Si. The van der Waals surface area contributed by atoms with Crippen molar-refractivity contribution in [1.82, 2.24) is 0 Å². The number of aliphatic hydroxyl groups excluding tert-OH is 1. The fourth-order valence-corrected chi connectivity index (χ4v) is 4.12. The van der Waals surface area contributed by atoms with Gasteiger partial charge in [-0.05, 0) is 36.2 Å². The molecule has 1 N–H and O–H groups in total. The van der Waals surface area contributed by atoms with Crippen molar-refractivity contribution in [2.75, 3.05) is 0 Å². The van der Waals surface area contributed by atoms with Crippen molar-refractivity contribution in [1.29, 1.82) is 0 Å². The summed E-state index contributed by atoms with van der Waals surface area (Å²) in [5, 5.41) is 11.0. The summed E-state index contributed by atoms with van der Waals surface area (Å²) in [5.74, 6) is 0.607. The topological polar surface area (TPSA) is 42.6 Å². The van der Waals surface area contributed by atoms with E-state index in [4.69, 9.17) is 8.84 Å². The van der Waals surface area contributed by atoms with E-state index in [1.807, 2.05) is 36.4 Å². The maximum atomic E-state index is 10.9. The predicted octanol–water partition coefficient (Wildman–Crippen LogP) is 6.61. The zero-order valence-corrected chi connectivity index (χ0v) is 18.1. The van der Waals surface area contributed by atoms with Crippen LogP contribution in [-0.4, -0.2) is 13.4 Å². The predicted molar refractivity (Wildman–Crippen MR) is 110 cm³/mol. The number of unbranched alkanes of at least 4 members (excludes halogenated alkanes) is 1. The normalized spacial score (nSPS) is 15.0. The Morgan fingerprint density at radius 3 is 2.35 bits per heavy atom. The van der Waals surface area contributed by atoms with Crippen LogP contribution in [0.2, 0.25) is 18.1 Å². The van der Waals surface area contributed by atoms with E-state index >= 15 is 0 Å². The molecule has 0 saturated heterocycles.